The van der Waals surface area contributed by atoms with Gasteiger partial charge in [-0.25, -0.2) is 8.42 Å². The summed E-state index contributed by atoms with van der Waals surface area (Å²) in [6, 6.07) is 3.27. The summed E-state index contributed by atoms with van der Waals surface area (Å²) in [5.41, 5.74) is 0.773. The van der Waals surface area contributed by atoms with Crippen LogP contribution in [0.4, 0.5) is 5.69 Å². The van der Waals surface area contributed by atoms with Crippen molar-refractivity contribution in [2.45, 2.75) is 33.2 Å². The van der Waals surface area contributed by atoms with E-state index in [4.69, 9.17) is 9.47 Å². The minimum absolute atomic E-state index is 0.0182. The van der Waals surface area contributed by atoms with E-state index in [1.54, 1.807) is 39.8 Å². The molecular weight excluding hydrogens is 368 g/mol. The zero-order valence-electron chi connectivity index (χ0n) is 16.5. The monoisotopic (exact) mass is 394 g/mol. The Bertz CT molecular complexity index is 911. The highest BCUT2D eigenvalue weighted by molar-refractivity contribution is 7.97. The van der Waals surface area contributed by atoms with Gasteiger partial charge in [-0.1, -0.05) is 6.08 Å². The number of sulfonamides is 1. The van der Waals surface area contributed by atoms with E-state index in [0.717, 1.165) is 4.31 Å². The quantitative estimate of drug-likeness (QED) is 0.776. The van der Waals surface area contributed by atoms with Gasteiger partial charge in [0, 0.05) is 17.2 Å². The number of nitrogens with one attached hydrogen (secondary N) is 1. The van der Waals surface area contributed by atoms with Crippen LogP contribution in [0.25, 0.3) is 5.57 Å². The number of anilines is 1. The molecule has 8 heteroatoms. The fourth-order valence-corrected chi connectivity index (χ4v) is 4.64. The third-order valence-electron chi connectivity index (χ3n) is 4.05. The number of allylic oxidation sites excluding steroid dienone is 1. The molecule has 1 aromatic carbocycles. The van der Waals surface area contributed by atoms with Gasteiger partial charge in [-0.05, 0) is 39.3 Å². The van der Waals surface area contributed by atoms with E-state index in [9.17, 15) is 13.2 Å². The second kappa shape index (κ2) is 7.26. The van der Waals surface area contributed by atoms with Crippen molar-refractivity contribution >= 4 is 27.2 Å². The van der Waals surface area contributed by atoms with Crippen LogP contribution >= 0.6 is 0 Å². The number of hydrogen-bond acceptors (Lipinski definition) is 5. The molecule has 1 N–H and O–H groups in total. The number of fused-ring (bicyclic) bond motifs is 1. The summed E-state index contributed by atoms with van der Waals surface area (Å²) in [6.07, 6.45) is 1.47. The van der Waals surface area contributed by atoms with E-state index in [-0.39, 0.29) is 11.4 Å². The van der Waals surface area contributed by atoms with Crippen LogP contribution in [0.15, 0.2) is 29.7 Å². The Kier molecular flexibility index (Phi) is 5.60. The Morgan fingerprint density at radius 3 is 2.26 bits per heavy atom. The van der Waals surface area contributed by atoms with E-state index < -0.39 is 21.5 Å². The summed E-state index contributed by atoms with van der Waals surface area (Å²) in [5, 5.41) is 2.74. The normalized spacial score (nSPS) is 15.9. The first-order chi connectivity index (χ1) is 12.5. The van der Waals surface area contributed by atoms with E-state index >= 15 is 0 Å². The Balaban J connectivity index is 2.81. The van der Waals surface area contributed by atoms with E-state index in [1.807, 2.05) is 0 Å². The van der Waals surface area contributed by atoms with Crippen molar-refractivity contribution in [3.8, 4) is 11.5 Å². The second-order valence-electron chi connectivity index (χ2n) is 7.21. The average molecular weight is 394 g/mol. The molecule has 0 aromatic heterocycles. The number of nitrogens with zero attached hydrogens (tertiary/aromatic N) is 1. The van der Waals surface area contributed by atoms with Crippen molar-refractivity contribution in [1.82, 2.24) is 5.32 Å². The number of carbonyl (C=O) groups excluding carboxylic acids is 1. The lowest BCUT2D eigenvalue weighted by atomic mass is 10.0. The molecule has 1 aliphatic rings. The van der Waals surface area contributed by atoms with Crippen molar-refractivity contribution in [3.63, 3.8) is 0 Å². The molecule has 1 aromatic rings. The fourth-order valence-electron chi connectivity index (χ4n) is 2.93. The van der Waals surface area contributed by atoms with Crippen LogP contribution in [0.5, 0.6) is 11.5 Å². The number of methoxy groups -OCH3 is 2. The zero-order chi connectivity index (χ0) is 20.6. The maximum Gasteiger partial charge on any atom is 0.270 e. The highest BCUT2D eigenvalue weighted by Crippen LogP contribution is 2.44. The topological polar surface area (TPSA) is 84.9 Å². The standard InChI is InChI=1S/C19H26N2O5S/c1-8-9-21-14-11-16(26-7)15(25-6)10-13(14)12(2)17(27(21,23)24)18(22)20-19(3,4)5/h8,10-11H,1,9H2,2-7H3,(H,20,22). The fraction of sp³-hybridized carbons (Fsp3) is 0.421. The van der Waals surface area contributed by atoms with Crippen molar-refractivity contribution in [2.24, 2.45) is 0 Å². The van der Waals surface area contributed by atoms with Gasteiger partial charge in [-0.2, -0.15) is 0 Å². The lowest BCUT2D eigenvalue weighted by Crippen LogP contribution is -2.46. The molecule has 0 bridgehead atoms. The summed E-state index contributed by atoms with van der Waals surface area (Å²) in [4.78, 5) is 12.5. The first-order valence-corrected chi connectivity index (χ1v) is 9.85. The number of carbonyl (C=O) groups is 1. The van der Waals surface area contributed by atoms with Gasteiger partial charge in [0.1, 0.15) is 0 Å². The molecular formula is C19H26N2O5S. The van der Waals surface area contributed by atoms with Gasteiger partial charge in [0.15, 0.2) is 16.4 Å². The molecule has 0 saturated heterocycles. The summed E-state index contributed by atoms with van der Waals surface area (Å²) >= 11 is 0. The van der Waals surface area contributed by atoms with Crippen LogP contribution in [0.2, 0.25) is 0 Å². The lowest BCUT2D eigenvalue weighted by molar-refractivity contribution is -0.118. The number of benzene rings is 1. The molecule has 1 amide bonds. The Labute approximate surface area is 160 Å². The summed E-state index contributed by atoms with van der Waals surface area (Å²) in [5.74, 6) is 0.203. The van der Waals surface area contributed by atoms with Crippen LogP contribution in [0.1, 0.15) is 33.3 Å². The predicted octanol–water partition coefficient (Wildman–Crippen LogP) is 2.69. The van der Waals surface area contributed by atoms with Crippen LogP contribution in [0, 0.1) is 0 Å². The molecule has 0 radical (unpaired) electrons. The molecule has 0 atom stereocenters. The number of ether oxygens (including phenoxy) is 2. The molecule has 0 unspecified atom stereocenters. The third kappa shape index (κ3) is 3.80. The summed E-state index contributed by atoms with van der Waals surface area (Å²) in [7, 11) is -1.10. The van der Waals surface area contributed by atoms with Gasteiger partial charge in [-0.3, -0.25) is 9.10 Å². The smallest absolute Gasteiger partial charge is 0.270 e. The molecule has 0 fully saturated rings. The predicted molar refractivity (Wildman–Crippen MR) is 106 cm³/mol. The first-order valence-electron chi connectivity index (χ1n) is 8.41. The zero-order valence-corrected chi connectivity index (χ0v) is 17.4. The van der Waals surface area contributed by atoms with E-state index in [0.29, 0.717) is 28.3 Å². The van der Waals surface area contributed by atoms with Gasteiger partial charge >= 0.3 is 0 Å². The van der Waals surface area contributed by atoms with E-state index in [2.05, 4.69) is 11.9 Å². The van der Waals surface area contributed by atoms with Crippen molar-refractivity contribution < 1.29 is 22.7 Å². The average Bonchev–Trinajstić information content (AvgIpc) is 2.55. The first kappa shape index (κ1) is 20.8. The van der Waals surface area contributed by atoms with E-state index in [1.165, 1.54) is 20.3 Å². The van der Waals surface area contributed by atoms with Gasteiger partial charge in [-0.15, -0.1) is 6.58 Å². The molecule has 1 heterocycles. The minimum atomic E-state index is -4.07. The maximum absolute atomic E-state index is 13.2. The summed E-state index contributed by atoms with van der Waals surface area (Å²) in [6.45, 7) is 10.6. The molecule has 0 aliphatic carbocycles. The number of hydrogen-bond donors (Lipinski definition) is 1. The Morgan fingerprint density at radius 2 is 1.78 bits per heavy atom. The summed E-state index contributed by atoms with van der Waals surface area (Å²) < 4.78 is 38.3. The number of amides is 1. The Hall–Kier alpha value is -2.48. The second-order valence-corrected chi connectivity index (χ2v) is 9.01. The molecule has 27 heavy (non-hydrogen) atoms. The van der Waals surface area contributed by atoms with Crippen LogP contribution in [-0.4, -0.2) is 40.6 Å². The third-order valence-corrected chi connectivity index (χ3v) is 5.99. The molecule has 148 valence electrons. The molecule has 2 rings (SSSR count). The van der Waals surface area contributed by atoms with Gasteiger partial charge < -0.3 is 14.8 Å². The lowest BCUT2D eigenvalue weighted by Gasteiger charge is -2.33. The largest absolute Gasteiger partial charge is 0.493 e. The highest BCUT2D eigenvalue weighted by Gasteiger charge is 2.40. The van der Waals surface area contributed by atoms with Crippen molar-refractivity contribution in [1.29, 1.82) is 0 Å². The molecule has 7 nitrogen and oxygen atoms in total. The highest BCUT2D eigenvalue weighted by atomic mass is 32.2. The molecule has 0 saturated carbocycles. The van der Waals surface area contributed by atoms with Crippen LogP contribution in [-0.2, 0) is 14.8 Å². The van der Waals surface area contributed by atoms with Crippen molar-refractivity contribution in [2.75, 3.05) is 25.1 Å². The van der Waals surface area contributed by atoms with Crippen LogP contribution in [0.3, 0.4) is 0 Å². The Morgan fingerprint density at radius 1 is 1.22 bits per heavy atom. The minimum Gasteiger partial charge on any atom is -0.493 e. The molecule has 1 aliphatic heterocycles. The van der Waals surface area contributed by atoms with Gasteiger partial charge in [0.05, 0.1) is 26.5 Å². The SMILES string of the molecule is C=CCN1c2cc(OC)c(OC)cc2C(C)=C(C(=O)NC(C)(C)C)S1(=O)=O. The van der Waals surface area contributed by atoms with Gasteiger partial charge in [0.25, 0.3) is 15.9 Å². The van der Waals surface area contributed by atoms with Gasteiger partial charge in [0.2, 0.25) is 0 Å². The maximum atomic E-state index is 13.2. The molecule has 0 spiro atoms. The van der Waals surface area contributed by atoms with Crippen molar-refractivity contribution in [3.05, 3.63) is 35.3 Å². The number of rotatable bonds is 5. The van der Waals surface area contributed by atoms with Crippen LogP contribution < -0.4 is 19.1 Å².